The fourth-order valence-electron chi connectivity index (χ4n) is 3.15. The first-order valence-corrected chi connectivity index (χ1v) is 11.5. The summed E-state index contributed by atoms with van der Waals surface area (Å²) in [5.74, 6) is 0. The molecule has 0 unspecified atom stereocenters. The molecule has 1 aliphatic carbocycles. The molecule has 14 heteroatoms. The molecule has 168 valence electrons. The van der Waals surface area contributed by atoms with Gasteiger partial charge in [0.05, 0.1) is 34.6 Å². The van der Waals surface area contributed by atoms with Crippen LogP contribution >= 0.6 is 11.3 Å². The second-order valence-corrected chi connectivity index (χ2v) is 9.83. The Hall–Kier alpha value is -2.29. The van der Waals surface area contributed by atoms with Crippen LogP contribution in [0.3, 0.4) is 0 Å². The van der Waals surface area contributed by atoms with E-state index < -0.39 is 39.4 Å². The molecule has 0 amide bonds. The predicted octanol–water partition coefficient (Wildman–Crippen LogP) is 2.01. The second kappa shape index (κ2) is 8.00. The van der Waals surface area contributed by atoms with Crippen LogP contribution in [-0.2, 0) is 21.3 Å². The quantitative estimate of drug-likeness (QED) is 0.505. The molecule has 0 spiro atoms. The number of alkyl halides is 3. The van der Waals surface area contributed by atoms with Crippen molar-refractivity contribution in [1.29, 1.82) is 0 Å². The minimum atomic E-state index is -4.08. The average Bonchev–Trinajstić information content (AvgIpc) is 3.20. The number of methoxy groups -OCH3 is 1. The molecular formula is C17H18F3N5O4S2. The van der Waals surface area contributed by atoms with E-state index in [0.29, 0.717) is 29.7 Å². The van der Waals surface area contributed by atoms with Crippen molar-refractivity contribution in [3.63, 3.8) is 0 Å². The lowest BCUT2D eigenvalue weighted by molar-refractivity contribution is 0.150. The van der Waals surface area contributed by atoms with E-state index in [2.05, 4.69) is 14.9 Å². The Morgan fingerprint density at radius 3 is 2.61 bits per heavy atom. The third-order valence-electron chi connectivity index (χ3n) is 5.00. The van der Waals surface area contributed by atoms with Crippen molar-refractivity contribution in [3.8, 4) is 5.13 Å². The van der Waals surface area contributed by atoms with Crippen molar-refractivity contribution >= 4 is 32.4 Å². The van der Waals surface area contributed by atoms with Gasteiger partial charge >= 0.3 is 5.69 Å². The summed E-state index contributed by atoms with van der Waals surface area (Å²) in [4.78, 5) is 12.8. The zero-order valence-electron chi connectivity index (χ0n) is 16.2. The van der Waals surface area contributed by atoms with E-state index in [1.807, 2.05) is 0 Å². The Bertz CT molecular complexity index is 1280. The van der Waals surface area contributed by atoms with Gasteiger partial charge in [0.15, 0.2) is 5.01 Å². The number of hydrogen-bond acceptors (Lipinski definition) is 7. The summed E-state index contributed by atoms with van der Waals surface area (Å²) in [5, 5.41) is 6.40. The number of fused-ring (bicyclic) bond motifs is 1. The number of nitrogens with zero attached hydrogens (tertiary/aromatic N) is 4. The smallest absolute Gasteiger partial charge is 0.335 e. The molecule has 1 saturated carbocycles. The van der Waals surface area contributed by atoms with Crippen molar-refractivity contribution < 1.29 is 26.3 Å². The van der Waals surface area contributed by atoms with E-state index >= 15 is 0 Å². The van der Waals surface area contributed by atoms with Crippen LogP contribution < -0.4 is 10.4 Å². The highest BCUT2D eigenvalue weighted by atomic mass is 32.2. The summed E-state index contributed by atoms with van der Waals surface area (Å²) in [5.41, 5.74) is -1.19. The van der Waals surface area contributed by atoms with Gasteiger partial charge in [0, 0.05) is 7.11 Å². The van der Waals surface area contributed by atoms with Gasteiger partial charge in [-0.2, -0.15) is 0 Å². The monoisotopic (exact) mass is 477 g/mol. The molecule has 0 radical (unpaired) electrons. The molecule has 1 N–H and O–H groups in total. The van der Waals surface area contributed by atoms with Crippen LogP contribution in [0.5, 0.6) is 0 Å². The summed E-state index contributed by atoms with van der Waals surface area (Å²) >= 11 is 0.529. The first-order chi connectivity index (χ1) is 14.7. The molecule has 0 bridgehead atoms. The van der Waals surface area contributed by atoms with Crippen LogP contribution in [0.2, 0.25) is 0 Å². The second-order valence-electron chi connectivity index (χ2n) is 7.16. The van der Waals surface area contributed by atoms with Gasteiger partial charge < -0.3 is 4.74 Å². The molecule has 9 nitrogen and oxygen atoms in total. The molecule has 2 heterocycles. The lowest BCUT2D eigenvalue weighted by Gasteiger charge is -2.14. The Morgan fingerprint density at radius 2 is 2.03 bits per heavy atom. The first kappa shape index (κ1) is 21.9. The van der Waals surface area contributed by atoms with Crippen LogP contribution in [0.1, 0.15) is 24.3 Å². The highest BCUT2D eigenvalue weighted by Gasteiger charge is 2.46. The van der Waals surface area contributed by atoms with Gasteiger partial charge in [-0.25, -0.2) is 35.7 Å². The van der Waals surface area contributed by atoms with E-state index in [9.17, 15) is 26.4 Å². The number of hydrogen-bond donors (Lipinski definition) is 1. The van der Waals surface area contributed by atoms with Gasteiger partial charge in [0.1, 0.15) is 6.67 Å². The van der Waals surface area contributed by atoms with E-state index in [-0.39, 0.29) is 28.7 Å². The number of halogens is 3. The maximum absolute atomic E-state index is 13.2. The van der Waals surface area contributed by atoms with Gasteiger partial charge in [-0.1, -0.05) is 11.3 Å². The number of ether oxygens (including phenoxy) is 1. The SMILES string of the molecule is COCCn1c(=O)n(-c2nnc(C(F)F)s2)c2cc(S(=O)(=O)NC3(CF)CC3)ccc21. The molecule has 0 saturated heterocycles. The summed E-state index contributed by atoms with van der Waals surface area (Å²) in [6.07, 6.45) is -2.08. The van der Waals surface area contributed by atoms with Gasteiger partial charge in [0.25, 0.3) is 6.43 Å². The van der Waals surface area contributed by atoms with Crippen molar-refractivity contribution in [3.05, 3.63) is 33.7 Å². The highest BCUT2D eigenvalue weighted by molar-refractivity contribution is 7.89. The van der Waals surface area contributed by atoms with E-state index in [1.165, 1.54) is 29.9 Å². The normalized spacial score (nSPS) is 15.8. The molecule has 4 rings (SSSR count). The fraction of sp³-hybridized carbons (Fsp3) is 0.471. The summed E-state index contributed by atoms with van der Waals surface area (Å²) in [6, 6.07) is 3.97. The zero-order chi connectivity index (χ0) is 22.4. The van der Waals surface area contributed by atoms with Crippen molar-refractivity contribution in [2.24, 2.45) is 0 Å². The standard InChI is InChI=1S/C17H18F3N5O4S2/c1-29-7-6-24-11-3-2-10(31(27,28)23-17(9-18)4-5-17)8-12(11)25(16(24)26)15-22-21-14(30-15)13(19)20/h2-3,8,13,23H,4-7,9H2,1H3. The molecule has 2 aromatic heterocycles. The molecule has 0 aliphatic heterocycles. The zero-order valence-corrected chi connectivity index (χ0v) is 17.9. The Morgan fingerprint density at radius 1 is 1.29 bits per heavy atom. The predicted molar refractivity (Wildman–Crippen MR) is 106 cm³/mol. The number of benzene rings is 1. The Kier molecular flexibility index (Phi) is 5.66. The molecule has 1 fully saturated rings. The van der Waals surface area contributed by atoms with Crippen molar-refractivity contribution in [2.45, 2.75) is 36.2 Å². The minimum Gasteiger partial charge on any atom is -0.383 e. The van der Waals surface area contributed by atoms with Crippen LogP contribution in [0.4, 0.5) is 13.2 Å². The molecule has 3 aromatic rings. The van der Waals surface area contributed by atoms with Crippen LogP contribution in [0.25, 0.3) is 16.2 Å². The topological polar surface area (TPSA) is 108 Å². The van der Waals surface area contributed by atoms with Crippen molar-refractivity contribution in [1.82, 2.24) is 24.1 Å². The Balaban J connectivity index is 1.87. The van der Waals surface area contributed by atoms with E-state index in [0.717, 1.165) is 4.57 Å². The van der Waals surface area contributed by atoms with Crippen LogP contribution in [0, 0.1) is 0 Å². The third-order valence-corrected chi connectivity index (χ3v) is 7.49. The minimum absolute atomic E-state index is 0.119. The number of rotatable bonds is 9. The number of aromatic nitrogens is 4. The molecule has 1 aliphatic rings. The fourth-order valence-corrected chi connectivity index (χ4v) is 5.32. The largest absolute Gasteiger partial charge is 0.383 e. The lowest BCUT2D eigenvalue weighted by atomic mass is 10.3. The lowest BCUT2D eigenvalue weighted by Crippen LogP contribution is -2.38. The number of sulfonamides is 1. The summed E-state index contributed by atoms with van der Waals surface area (Å²) in [6.45, 7) is -0.486. The van der Waals surface area contributed by atoms with Crippen LogP contribution in [0.15, 0.2) is 27.9 Å². The van der Waals surface area contributed by atoms with Crippen LogP contribution in [-0.4, -0.2) is 53.7 Å². The van der Waals surface area contributed by atoms with E-state index in [1.54, 1.807) is 0 Å². The van der Waals surface area contributed by atoms with Gasteiger partial charge in [-0.3, -0.25) is 4.57 Å². The average molecular weight is 477 g/mol. The van der Waals surface area contributed by atoms with Gasteiger partial charge in [-0.05, 0) is 31.0 Å². The van der Waals surface area contributed by atoms with Crippen molar-refractivity contribution in [2.75, 3.05) is 20.4 Å². The van der Waals surface area contributed by atoms with E-state index in [4.69, 9.17) is 4.74 Å². The highest BCUT2D eigenvalue weighted by Crippen LogP contribution is 2.37. The van der Waals surface area contributed by atoms with Gasteiger partial charge in [-0.15, -0.1) is 10.2 Å². The maximum atomic E-state index is 13.2. The first-order valence-electron chi connectivity index (χ1n) is 9.17. The number of imidazole rings is 1. The molecular weight excluding hydrogens is 459 g/mol. The number of nitrogens with one attached hydrogen (secondary N) is 1. The molecule has 0 atom stereocenters. The summed E-state index contributed by atoms with van der Waals surface area (Å²) < 4.78 is 74.5. The summed E-state index contributed by atoms with van der Waals surface area (Å²) in [7, 11) is -2.62. The Labute approximate surface area is 178 Å². The van der Waals surface area contributed by atoms with Gasteiger partial charge in [0.2, 0.25) is 15.2 Å². The molecule has 31 heavy (non-hydrogen) atoms. The third kappa shape index (κ3) is 4.00. The maximum Gasteiger partial charge on any atom is 0.335 e. The molecule has 1 aromatic carbocycles.